The number of nitrogens with one attached hydrogen (secondary N) is 2. The lowest BCUT2D eigenvalue weighted by atomic mass is 9.92. The first-order valence-electron chi connectivity index (χ1n) is 9.14. The molecule has 7 nitrogen and oxygen atoms in total. The fourth-order valence-corrected chi connectivity index (χ4v) is 2.96. The summed E-state index contributed by atoms with van der Waals surface area (Å²) in [4.78, 5) is 35.2. The predicted octanol–water partition coefficient (Wildman–Crippen LogP) is 3.14. The van der Waals surface area contributed by atoms with Crippen molar-refractivity contribution in [1.29, 1.82) is 0 Å². The summed E-state index contributed by atoms with van der Waals surface area (Å²) in [6.07, 6.45) is 2.05. The van der Waals surface area contributed by atoms with Crippen LogP contribution >= 0.6 is 0 Å². The molecular formula is C19H25FN2O5. The van der Waals surface area contributed by atoms with Crippen molar-refractivity contribution in [3.05, 3.63) is 30.1 Å². The molecule has 1 aromatic carbocycles. The van der Waals surface area contributed by atoms with Crippen molar-refractivity contribution in [2.24, 2.45) is 0 Å². The highest BCUT2D eigenvalue weighted by Crippen LogP contribution is 2.22. The van der Waals surface area contributed by atoms with Crippen LogP contribution in [0.2, 0.25) is 0 Å². The fraction of sp³-hybridized carbons (Fsp3) is 0.526. The first-order chi connectivity index (χ1) is 13.0. The van der Waals surface area contributed by atoms with E-state index in [0.717, 1.165) is 12.8 Å². The van der Waals surface area contributed by atoms with Crippen LogP contribution in [0.15, 0.2) is 24.3 Å². The molecule has 2 N–H and O–H groups in total. The molecule has 1 aliphatic carbocycles. The molecule has 1 aliphatic rings. The summed E-state index contributed by atoms with van der Waals surface area (Å²) >= 11 is 0. The lowest BCUT2D eigenvalue weighted by Crippen LogP contribution is -2.41. The van der Waals surface area contributed by atoms with Gasteiger partial charge < -0.3 is 14.8 Å². The average molecular weight is 380 g/mol. The normalized spacial score (nSPS) is 19.0. The Morgan fingerprint density at radius 3 is 2.59 bits per heavy atom. The van der Waals surface area contributed by atoms with E-state index in [-0.39, 0.29) is 36.7 Å². The molecule has 0 heterocycles. The van der Waals surface area contributed by atoms with E-state index in [1.165, 1.54) is 24.3 Å². The minimum atomic E-state index is -0.610. The molecular weight excluding hydrogens is 355 g/mol. The maximum absolute atomic E-state index is 12.9. The molecule has 2 unspecified atom stereocenters. The van der Waals surface area contributed by atoms with Crippen molar-refractivity contribution >= 4 is 23.7 Å². The van der Waals surface area contributed by atoms with Gasteiger partial charge in [-0.2, -0.15) is 0 Å². The van der Waals surface area contributed by atoms with Crippen LogP contribution in [-0.4, -0.2) is 36.7 Å². The minimum Gasteiger partial charge on any atom is -0.466 e. The summed E-state index contributed by atoms with van der Waals surface area (Å²) < 4.78 is 23.1. The Hall–Kier alpha value is -2.64. The van der Waals surface area contributed by atoms with Gasteiger partial charge >= 0.3 is 12.1 Å². The number of ether oxygens (including phenoxy) is 2. The summed E-state index contributed by atoms with van der Waals surface area (Å²) in [7, 11) is 0. The van der Waals surface area contributed by atoms with Crippen molar-refractivity contribution in [1.82, 2.24) is 5.32 Å². The molecule has 0 aromatic heterocycles. The number of hydrogen-bond donors (Lipinski definition) is 2. The third-order valence-electron chi connectivity index (χ3n) is 4.22. The van der Waals surface area contributed by atoms with Crippen LogP contribution in [-0.2, 0) is 19.1 Å². The molecule has 0 aliphatic heterocycles. The van der Waals surface area contributed by atoms with Gasteiger partial charge in [-0.1, -0.05) is 0 Å². The smallest absolute Gasteiger partial charge is 0.411 e. The lowest BCUT2D eigenvalue weighted by molar-refractivity contribution is -0.144. The fourth-order valence-electron chi connectivity index (χ4n) is 2.96. The number of halogens is 1. The van der Waals surface area contributed by atoms with Crippen molar-refractivity contribution in [2.75, 3.05) is 11.9 Å². The van der Waals surface area contributed by atoms with Crippen molar-refractivity contribution < 1.29 is 28.2 Å². The summed E-state index contributed by atoms with van der Waals surface area (Å²) in [5.74, 6) is -0.998. The van der Waals surface area contributed by atoms with Gasteiger partial charge in [-0.05, 0) is 50.5 Å². The zero-order chi connectivity index (χ0) is 19.6. The number of hydrogen-bond acceptors (Lipinski definition) is 5. The molecule has 2 atom stereocenters. The maximum Gasteiger partial charge on any atom is 0.411 e. The summed E-state index contributed by atoms with van der Waals surface area (Å²) in [6.45, 7) is 2.01. The molecule has 27 heavy (non-hydrogen) atoms. The Balaban J connectivity index is 1.73. The third-order valence-corrected chi connectivity index (χ3v) is 4.22. The van der Waals surface area contributed by atoms with E-state index in [2.05, 4.69) is 10.6 Å². The van der Waals surface area contributed by atoms with Crippen LogP contribution in [0, 0.1) is 5.82 Å². The second kappa shape index (κ2) is 10.5. The molecule has 2 amide bonds. The van der Waals surface area contributed by atoms with Gasteiger partial charge in [0.15, 0.2) is 0 Å². The number of amides is 2. The predicted molar refractivity (Wildman–Crippen MR) is 96.6 cm³/mol. The molecule has 1 saturated carbocycles. The van der Waals surface area contributed by atoms with Gasteiger partial charge in [0.1, 0.15) is 11.9 Å². The van der Waals surface area contributed by atoms with Gasteiger partial charge in [-0.3, -0.25) is 14.9 Å². The second-order valence-electron chi connectivity index (χ2n) is 6.40. The van der Waals surface area contributed by atoms with E-state index in [1.807, 2.05) is 0 Å². The van der Waals surface area contributed by atoms with Gasteiger partial charge in [0.05, 0.1) is 13.0 Å². The Bertz CT molecular complexity index is 650. The summed E-state index contributed by atoms with van der Waals surface area (Å²) in [5, 5.41) is 5.43. The highest BCUT2D eigenvalue weighted by atomic mass is 19.1. The van der Waals surface area contributed by atoms with Crippen LogP contribution < -0.4 is 10.6 Å². The monoisotopic (exact) mass is 380 g/mol. The number of benzene rings is 1. The first kappa shape index (κ1) is 20.7. The topological polar surface area (TPSA) is 93.7 Å². The zero-order valence-corrected chi connectivity index (χ0v) is 15.3. The van der Waals surface area contributed by atoms with Crippen LogP contribution in [0.5, 0.6) is 0 Å². The van der Waals surface area contributed by atoms with E-state index in [4.69, 9.17) is 9.47 Å². The molecule has 148 valence electrons. The number of rotatable bonds is 7. The molecule has 2 rings (SSSR count). The van der Waals surface area contributed by atoms with Crippen LogP contribution in [0.25, 0.3) is 0 Å². The van der Waals surface area contributed by atoms with Gasteiger partial charge in [-0.15, -0.1) is 0 Å². The van der Waals surface area contributed by atoms with Crippen molar-refractivity contribution in [3.8, 4) is 0 Å². The zero-order valence-electron chi connectivity index (χ0n) is 15.3. The summed E-state index contributed by atoms with van der Waals surface area (Å²) in [5.41, 5.74) is 0.445. The van der Waals surface area contributed by atoms with Crippen molar-refractivity contribution in [3.63, 3.8) is 0 Å². The Morgan fingerprint density at radius 2 is 1.89 bits per heavy atom. The lowest BCUT2D eigenvalue weighted by Gasteiger charge is -2.29. The van der Waals surface area contributed by atoms with Gasteiger partial charge in [0.25, 0.3) is 0 Å². The van der Waals surface area contributed by atoms with E-state index in [0.29, 0.717) is 25.1 Å². The number of carbonyl (C=O) groups is 3. The Morgan fingerprint density at radius 1 is 1.15 bits per heavy atom. The molecule has 0 spiro atoms. The third kappa shape index (κ3) is 7.64. The molecule has 8 heteroatoms. The number of anilines is 1. The molecule has 0 saturated heterocycles. The molecule has 1 fully saturated rings. The van der Waals surface area contributed by atoms with E-state index in [1.54, 1.807) is 6.92 Å². The highest BCUT2D eigenvalue weighted by molar-refractivity contribution is 5.84. The van der Waals surface area contributed by atoms with Crippen LogP contribution in [0.4, 0.5) is 14.9 Å². The van der Waals surface area contributed by atoms with E-state index >= 15 is 0 Å². The van der Waals surface area contributed by atoms with E-state index < -0.39 is 12.1 Å². The first-order valence-corrected chi connectivity index (χ1v) is 9.14. The molecule has 0 radical (unpaired) electrons. The van der Waals surface area contributed by atoms with Gasteiger partial charge in [-0.25, -0.2) is 9.18 Å². The Kier molecular flexibility index (Phi) is 8.03. The minimum absolute atomic E-state index is 0.0480. The van der Waals surface area contributed by atoms with Crippen molar-refractivity contribution in [2.45, 2.75) is 57.6 Å². The summed E-state index contributed by atoms with van der Waals surface area (Å²) in [6, 6.07) is 5.29. The number of esters is 1. The molecule has 1 aromatic rings. The SMILES string of the molecule is CCOC(=O)CCC(=O)NC1CCCC(OC(=O)Nc2ccc(F)cc2)C1. The largest absolute Gasteiger partial charge is 0.466 e. The second-order valence-corrected chi connectivity index (χ2v) is 6.40. The van der Waals surface area contributed by atoms with Crippen LogP contribution in [0.3, 0.4) is 0 Å². The maximum atomic E-state index is 12.9. The van der Waals surface area contributed by atoms with Gasteiger partial charge in [0, 0.05) is 24.6 Å². The highest BCUT2D eigenvalue weighted by Gasteiger charge is 2.26. The quantitative estimate of drug-likeness (QED) is 0.709. The van der Waals surface area contributed by atoms with Gasteiger partial charge in [0.2, 0.25) is 5.91 Å². The average Bonchev–Trinajstić information content (AvgIpc) is 2.62. The Labute approximate surface area is 157 Å². The standard InChI is InChI=1S/C19H25FN2O5/c1-2-26-18(24)11-10-17(23)21-15-4-3-5-16(12-15)27-19(25)22-14-8-6-13(20)7-9-14/h6-9,15-16H,2-5,10-12H2,1H3,(H,21,23)(H,22,25). The van der Waals surface area contributed by atoms with E-state index in [9.17, 15) is 18.8 Å². The molecule has 0 bridgehead atoms. The number of carbonyl (C=O) groups excluding carboxylic acids is 3. The van der Waals surface area contributed by atoms with Crippen LogP contribution in [0.1, 0.15) is 45.4 Å².